The van der Waals surface area contributed by atoms with Crippen LogP contribution in [0.5, 0.6) is 0 Å². The first-order valence-corrected chi connectivity index (χ1v) is 5.92. The Labute approximate surface area is 101 Å². The van der Waals surface area contributed by atoms with Crippen LogP contribution in [-0.2, 0) is 6.42 Å². The molecular weight excluding hydrogens is 231 g/mol. The maximum Gasteiger partial charge on any atom is 0.0625 e. The summed E-state index contributed by atoms with van der Waals surface area (Å²) in [5, 5.41) is 11.0. The number of benzene rings is 1. The van der Waals surface area contributed by atoms with Gasteiger partial charge in [-0.25, -0.2) is 0 Å². The van der Waals surface area contributed by atoms with Crippen LogP contribution in [0.2, 0.25) is 10.0 Å². The van der Waals surface area contributed by atoms with Crippen LogP contribution in [0, 0.1) is 5.92 Å². The monoisotopic (exact) mass is 246 g/mol. The topological polar surface area (TPSA) is 20.2 Å². The van der Waals surface area contributed by atoms with E-state index in [4.69, 9.17) is 23.2 Å². The van der Waals surface area contributed by atoms with Crippen molar-refractivity contribution in [2.45, 2.75) is 32.8 Å². The average Bonchev–Trinajstić information content (AvgIpc) is 2.23. The highest BCUT2D eigenvalue weighted by Crippen LogP contribution is 2.27. The molecule has 0 saturated carbocycles. The van der Waals surface area contributed by atoms with Crippen LogP contribution in [0.4, 0.5) is 0 Å². The fraction of sp³-hybridized carbons (Fsp3) is 0.500. The molecule has 1 aromatic carbocycles. The summed E-state index contributed by atoms with van der Waals surface area (Å²) in [5.74, 6) is 0.278. The largest absolute Gasteiger partial charge is 0.393 e. The zero-order valence-electron chi connectivity index (χ0n) is 9.00. The first-order valence-electron chi connectivity index (χ1n) is 5.17. The van der Waals surface area contributed by atoms with Crippen LogP contribution in [0.15, 0.2) is 18.2 Å². The van der Waals surface area contributed by atoms with Crippen LogP contribution < -0.4 is 0 Å². The van der Waals surface area contributed by atoms with Gasteiger partial charge in [0, 0.05) is 6.42 Å². The molecule has 0 aliphatic carbocycles. The summed E-state index contributed by atoms with van der Waals surface area (Å²) >= 11 is 11.9. The molecule has 1 rings (SSSR count). The molecular formula is C12H16Cl2O. The summed E-state index contributed by atoms with van der Waals surface area (Å²) in [4.78, 5) is 0. The Morgan fingerprint density at radius 3 is 2.60 bits per heavy atom. The molecule has 84 valence electrons. The lowest BCUT2D eigenvalue weighted by Crippen LogP contribution is -2.19. The molecule has 2 unspecified atom stereocenters. The van der Waals surface area contributed by atoms with E-state index in [1.807, 2.05) is 19.1 Å². The Hall–Kier alpha value is -0.240. The van der Waals surface area contributed by atoms with Crippen molar-refractivity contribution in [2.24, 2.45) is 5.92 Å². The molecule has 0 fully saturated rings. The predicted octanol–water partition coefficient (Wildman–Crippen LogP) is 3.94. The summed E-state index contributed by atoms with van der Waals surface area (Å²) in [6.45, 7) is 4.09. The summed E-state index contributed by atoms with van der Waals surface area (Å²) in [7, 11) is 0. The third-order valence-electron chi connectivity index (χ3n) is 2.76. The molecule has 2 atom stereocenters. The Kier molecular flexibility index (Phi) is 4.91. The van der Waals surface area contributed by atoms with Crippen LogP contribution in [0.1, 0.15) is 25.8 Å². The highest BCUT2D eigenvalue weighted by atomic mass is 35.5. The second-order valence-electron chi connectivity index (χ2n) is 3.87. The summed E-state index contributed by atoms with van der Waals surface area (Å²) in [6.07, 6.45) is 1.17. The fourth-order valence-electron chi connectivity index (χ4n) is 1.40. The van der Waals surface area contributed by atoms with E-state index in [2.05, 4.69) is 6.92 Å². The van der Waals surface area contributed by atoms with Gasteiger partial charge in [0.25, 0.3) is 0 Å². The van der Waals surface area contributed by atoms with Gasteiger partial charge in [0.15, 0.2) is 0 Å². The van der Waals surface area contributed by atoms with E-state index >= 15 is 0 Å². The lowest BCUT2D eigenvalue weighted by Gasteiger charge is -2.17. The van der Waals surface area contributed by atoms with E-state index in [9.17, 15) is 5.11 Å². The highest BCUT2D eigenvalue weighted by molar-refractivity contribution is 6.42. The zero-order chi connectivity index (χ0) is 11.4. The fourth-order valence-corrected chi connectivity index (χ4v) is 1.80. The molecule has 0 amide bonds. The average molecular weight is 247 g/mol. The molecule has 0 heterocycles. The van der Waals surface area contributed by atoms with Crippen molar-refractivity contribution in [1.29, 1.82) is 0 Å². The number of aliphatic hydroxyl groups excluding tert-OH is 1. The van der Waals surface area contributed by atoms with Gasteiger partial charge in [0.2, 0.25) is 0 Å². The number of hydrogen-bond donors (Lipinski definition) is 1. The van der Waals surface area contributed by atoms with E-state index in [1.54, 1.807) is 6.07 Å². The number of rotatable bonds is 4. The van der Waals surface area contributed by atoms with Gasteiger partial charge < -0.3 is 5.11 Å². The van der Waals surface area contributed by atoms with Gasteiger partial charge in [0.1, 0.15) is 0 Å². The van der Waals surface area contributed by atoms with E-state index < -0.39 is 0 Å². The maximum atomic E-state index is 9.88. The van der Waals surface area contributed by atoms with Crippen LogP contribution >= 0.6 is 23.2 Å². The molecule has 3 heteroatoms. The van der Waals surface area contributed by atoms with Crippen LogP contribution in [-0.4, -0.2) is 11.2 Å². The molecule has 15 heavy (non-hydrogen) atoms. The Bertz CT molecular complexity index is 325. The lowest BCUT2D eigenvalue weighted by molar-refractivity contribution is 0.115. The Morgan fingerprint density at radius 2 is 2.00 bits per heavy atom. The lowest BCUT2D eigenvalue weighted by atomic mass is 9.96. The SMILES string of the molecule is CCC(C)C(O)Cc1cccc(Cl)c1Cl. The van der Waals surface area contributed by atoms with E-state index in [1.165, 1.54) is 0 Å². The molecule has 0 spiro atoms. The van der Waals surface area contributed by atoms with Crippen molar-refractivity contribution in [2.75, 3.05) is 0 Å². The number of halogens is 2. The smallest absolute Gasteiger partial charge is 0.0625 e. The standard InChI is InChI=1S/C12H16Cl2O/c1-3-8(2)11(15)7-9-5-4-6-10(13)12(9)14/h4-6,8,11,15H,3,7H2,1-2H3. The quantitative estimate of drug-likeness (QED) is 0.854. The van der Waals surface area contributed by atoms with Crippen molar-refractivity contribution < 1.29 is 5.11 Å². The Balaban J connectivity index is 2.76. The van der Waals surface area contributed by atoms with E-state index in [-0.39, 0.29) is 12.0 Å². The van der Waals surface area contributed by atoms with Crippen molar-refractivity contribution in [3.8, 4) is 0 Å². The second-order valence-corrected chi connectivity index (χ2v) is 4.66. The van der Waals surface area contributed by atoms with Gasteiger partial charge in [-0.1, -0.05) is 55.6 Å². The number of hydrogen-bond acceptors (Lipinski definition) is 1. The minimum absolute atomic E-state index is 0.278. The van der Waals surface area contributed by atoms with Crippen LogP contribution in [0.25, 0.3) is 0 Å². The minimum Gasteiger partial charge on any atom is -0.393 e. The molecule has 0 radical (unpaired) electrons. The zero-order valence-corrected chi connectivity index (χ0v) is 10.5. The molecule has 0 saturated heterocycles. The maximum absolute atomic E-state index is 9.88. The van der Waals surface area contributed by atoms with Gasteiger partial charge in [-0.2, -0.15) is 0 Å². The molecule has 0 aromatic heterocycles. The van der Waals surface area contributed by atoms with Crippen molar-refractivity contribution in [1.82, 2.24) is 0 Å². The summed E-state index contributed by atoms with van der Waals surface area (Å²) in [6, 6.07) is 5.51. The third-order valence-corrected chi connectivity index (χ3v) is 3.62. The van der Waals surface area contributed by atoms with Gasteiger partial charge in [-0.05, 0) is 17.5 Å². The van der Waals surface area contributed by atoms with Gasteiger partial charge >= 0.3 is 0 Å². The van der Waals surface area contributed by atoms with Crippen LogP contribution in [0.3, 0.4) is 0 Å². The van der Waals surface area contributed by atoms with E-state index in [0.29, 0.717) is 16.5 Å². The molecule has 1 aromatic rings. The molecule has 0 aliphatic heterocycles. The first kappa shape index (κ1) is 12.8. The number of aliphatic hydroxyl groups is 1. The van der Waals surface area contributed by atoms with Gasteiger partial charge in [0.05, 0.1) is 16.1 Å². The Morgan fingerprint density at radius 1 is 1.33 bits per heavy atom. The van der Waals surface area contributed by atoms with Gasteiger partial charge in [-0.3, -0.25) is 0 Å². The second kappa shape index (κ2) is 5.74. The van der Waals surface area contributed by atoms with Gasteiger partial charge in [-0.15, -0.1) is 0 Å². The first-order chi connectivity index (χ1) is 7.06. The predicted molar refractivity (Wildman–Crippen MR) is 65.6 cm³/mol. The molecule has 1 N–H and O–H groups in total. The molecule has 1 nitrogen and oxygen atoms in total. The van der Waals surface area contributed by atoms with Crippen molar-refractivity contribution >= 4 is 23.2 Å². The normalized spacial score (nSPS) is 15.0. The summed E-state index contributed by atoms with van der Waals surface area (Å²) < 4.78 is 0. The van der Waals surface area contributed by atoms with E-state index in [0.717, 1.165) is 12.0 Å². The molecule has 0 bridgehead atoms. The molecule has 0 aliphatic rings. The van der Waals surface area contributed by atoms with Crippen molar-refractivity contribution in [3.63, 3.8) is 0 Å². The minimum atomic E-state index is -0.356. The third kappa shape index (κ3) is 3.37. The van der Waals surface area contributed by atoms with Crippen molar-refractivity contribution in [3.05, 3.63) is 33.8 Å². The highest BCUT2D eigenvalue weighted by Gasteiger charge is 2.15. The summed E-state index contributed by atoms with van der Waals surface area (Å²) in [5.41, 5.74) is 0.914.